The van der Waals surface area contributed by atoms with E-state index in [0.717, 1.165) is 5.56 Å². The zero-order valence-corrected chi connectivity index (χ0v) is 12.8. The Morgan fingerprint density at radius 2 is 2.05 bits per heavy atom. The fourth-order valence-electron chi connectivity index (χ4n) is 2.00. The molecular formula is C16H14N4OS. The van der Waals surface area contributed by atoms with E-state index in [-0.39, 0.29) is 5.91 Å². The first-order valence-electron chi connectivity index (χ1n) is 6.89. The van der Waals surface area contributed by atoms with E-state index in [0.29, 0.717) is 22.4 Å². The maximum atomic E-state index is 12.5. The summed E-state index contributed by atoms with van der Waals surface area (Å²) in [5.41, 5.74) is 0.945. The highest BCUT2D eigenvalue weighted by atomic mass is 32.2. The van der Waals surface area contributed by atoms with Gasteiger partial charge >= 0.3 is 0 Å². The van der Waals surface area contributed by atoms with E-state index in [2.05, 4.69) is 15.0 Å². The maximum Gasteiger partial charge on any atom is 0.266 e. The molecule has 3 heterocycles. The third kappa shape index (κ3) is 3.07. The molecule has 1 fully saturated rings. The minimum absolute atomic E-state index is 0.0287. The molecule has 0 aliphatic carbocycles. The van der Waals surface area contributed by atoms with Crippen molar-refractivity contribution in [2.24, 2.45) is 4.99 Å². The Hall–Kier alpha value is -2.47. The Labute approximate surface area is 132 Å². The third-order valence-electron chi connectivity index (χ3n) is 3.07. The summed E-state index contributed by atoms with van der Waals surface area (Å²) < 4.78 is 0. The summed E-state index contributed by atoms with van der Waals surface area (Å²) in [7, 11) is 0. The highest BCUT2D eigenvalue weighted by Crippen LogP contribution is 2.33. The minimum atomic E-state index is -0.0287. The zero-order chi connectivity index (χ0) is 15.4. The number of nitrogens with zero attached hydrogens (tertiary/aromatic N) is 4. The van der Waals surface area contributed by atoms with Crippen LogP contribution in [0, 0.1) is 0 Å². The van der Waals surface area contributed by atoms with E-state index >= 15 is 0 Å². The second-order valence-corrected chi connectivity index (χ2v) is 5.53. The monoisotopic (exact) mass is 310 g/mol. The van der Waals surface area contributed by atoms with Gasteiger partial charge in [0.15, 0.2) is 11.0 Å². The van der Waals surface area contributed by atoms with Crippen LogP contribution in [0.25, 0.3) is 6.08 Å². The Kier molecular flexibility index (Phi) is 4.29. The average Bonchev–Trinajstić information content (AvgIpc) is 2.84. The predicted octanol–water partition coefficient (Wildman–Crippen LogP) is 3.10. The standard InChI is InChI=1S/C16H14N4OS/c1-2-20-15(21)13(11-12-6-9-17-10-7-12)22-16(20)19-14-5-3-4-8-18-14/h3-11H,2H2,1H3/b13-11-,19-16+. The van der Waals surface area contributed by atoms with Gasteiger partial charge < -0.3 is 0 Å². The maximum absolute atomic E-state index is 12.5. The Morgan fingerprint density at radius 3 is 2.73 bits per heavy atom. The number of hydrogen-bond acceptors (Lipinski definition) is 5. The lowest BCUT2D eigenvalue weighted by Gasteiger charge is -2.11. The molecule has 1 aliphatic heterocycles. The number of carbonyl (C=O) groups is 1. The number of rotatable bonds is 3. The normalized spacial score (nSPS) is 18.4. The van der Waals surface area contributed by atoms with Crippen molar-refractivity contribution in [3.05, 3.63) is 59.4 Å². The second kappa shape index (κ2) is 6.53. The van der Waals surface area contributed by atoms with Crippen LogP contribution in [0.3, 0.4) is 0 Å². The molecule has 2 aromatic heterocycles. The summed E-state index contributed by atoms with van der Waals surface area (Å²) in [5, 5.41) is 0.659. The highest BCUT2D eigenvalue weighted by molar-refractivity contribution is 8.18. The summed E-state index contributed by atoms with van der Waals surface area (Å²) in [6, 6.07) is 9.26. The van der Waals surface area contributed by atoms with Crippen LogP contribution in [0.1, 0.15) is 12.5 Å². The van der Waals surface area contributed by atoms with Gasteiger partial charge in [0.05, 0.1) is 4.91 Å². The van der Waals surface area contributed by atoms with Gasteiger partial charge in [0, 0.05) is 25.1 Å². The lowest BCUT2D eigenvalue weighted by Crippen LogP contribution is -2.28. The predicted molar refractivity (Wildman–Crippen MR) is 88.5 cm³/mol. The molecule has 110 valence electrons. The molecule has 22 heavy (non-hydrogen) atoms. The highest BCUT2D eigenvalue weighted by Gasteiger charge is 2.32. The largest absolute Gasteiger partial charge is 0.287 e. The van der Waals surface area contributed by atoms with Crippen molar-refractivity contribution in [2.75, 3.05) is 6.54 Å². The van der Waals surface area contributed by atoms with Crippen LogP contribution < -0.4 is 0 Å². The first-order chi connectivity index (χ1) is 10.8. The van der Waals surface area contributed by atoms with Crippen LogP contribution in [0.4, 0.5) is 5.82 Å². The van der Waals surface area contributed by atoms with Crippen LogP contribution in [0.5, 0.6) is 0 Å². The van der Waals surface area contributed by atoms with Crippen molar-refractivity contribution in [3.8, 4) is 0 Å². The number of pyridine rings is 2. The molecule has 0 aromatic carbocycles. The first-order valence-corrected chi connectivity index (χ1v) is 7.70. The molecule has 0 saturated carbocycles. The molecule has 0 bridgehead atoms. The smallest absolute Gasteiger partial charge is 0.266 e. The fourth-order valence-corrected chi connectivity index (χ4v) is 3.05. The van der Waals surface area contributed by atoms with Gasteiger partial charge in [-0.05, 0) is 54.6 Å². The van der Waals surface area contributed by atoms with Crippen molar-refractivity contribution in [1.82, 2.24) is 14.9 Å². The minimum Gasteiger partial charge on any atom is -0.287 e. The lowest BCUT2D eigenvalue weighted by atomic mass is 10.2. The Balaban J connectivity index is 1.92. The number of thioether (sulfide) groups is 1. The number of aliphatic imine (C=N–C) groups is 1. The molecule has 0 spiro atoms. The molecule has 1 saturated heterocycles. The summed E-state index contributed by atoms with van der Waals surface area (Å²) >= 11 is 1.37. The van der Waals surface area contributed by atoms with Crippen LogP contribution in [0.15, 0.2) is 58.8 Å². The van der Waals surface area contributed by atoms with Gasteiger partial charge in [0.1, 0.15) is 0 Å². The molecule has 0 atom stereocenters. The SMILES string of the molecule is CCN1C(=O)/C(=C/c2ccncc2)S/C1=N/c1ccccn1. The summed E-state index contributed by atoms with van der Waals surface area (Å²) in [4.78, 5) is 27.4. The van der Waals surface area contributed by atoms with Crippen LogP contribution >= 0.6 is 11.8 Å². The van der Waals surface area contributed by atoms with Gasteiger partial charge in [-0.3, -0.25) is 14.7 Å². The molecule has 5 nitrogen and oxygen atoms in total. The molecule has 3 rings (SSSR count). The van der Waals surface area contributed by atoms with Crippen molar-refractivity contribution in [3.63, 3.8) is 0 Å². The molecule has 1 amide bonds. The van der Waals surface area contributed by atoms with Gasteiger partial charge in [-0.1, -0.05) is 6.07 Å². The van der Waals surface area contributed by atoms with Gasteiger partial charge in [-0.2, -0.15) is 0 Å². The quantitative estimate of drug-likeness (QED) is 0.817. The molecule has 6 heteroatoms. The van der Waals surface area contributed by atoms with Crippen molar-refractivity contribution < 1.29 is 4.79 Å². The van der Waals surface area contributed by atoms with E-state index in [4.69, 9.17) is 0 Å². The van der Waals surface area contributed by atoms with E-state index in [1.165, 1.54) is 11.8 Å². The lowest BCUT2D eigenvalue weighted by molar-refractivity contribution is -0.122. The average molecular weight is 310 g/mol. The van der Waals surface area contributed by atoms with E-state index in [1.807, 2.05) is 43.3 Å². The number of carbonyl (C=O) groups excluding carboxylic acids is 1. The van der Waals surface area contributed by atoms with Crippen molar-refractivity contribution in [1.29, 1.82) is 0 Å². The van der Waals surface area contributed by atoms with Crippen LogP contribution in [-0.2, 0) is 4.79 Å². The number of amides is 1. The van der Waals surface area contributed by atoms with E-state index in [1.54, 1.807) is 23.5 Å². The Bertz CT molecular complexity index is 728. The van der Waals surface area contributed by atoms with Crippen LogP contribution in [-0.4, -0.2) is 32.5 Å². The molecule has 2 aromatic rings. The molecule has 1 aliphatic rings. The van der Waals surface area contributed by atoms with Crippen molar-refractivity contribution >= 4 is 34.7 Å². The van der Waals surface area contributed by atoms with E-state index in [9.17, 15) is 4.79 Å². The zero-order valence-electron chi connectivity index (χ0n) is 12.0. The first kappa shape index (κ1) is 14.5. The van der Waals surface area contributed by atoms with Crippen LogP contribution in [0.2, 0.25) is 0 Å². The molecular weight excluding hydrogens is 296 g/mol. The number of hydrogen-bond donors (Lipinski definition) is 0. The summed E-state index contributed by atoms with van der Waals surface area (Å²) in [5.74, 6) is 0.570. The molecule has 0 unspecified atom stereocenters. The topological polar surface area (TPSA) is 58.5 Å². The summed E-state index contributed by atoms with van der Waals surface area (Å²) in [6.07, 6.45) is 6.96. The molecule has 0 radical (unpaired) electrons. The third-order valence-corrected chi connectivity index (χ3v) is 4.07. The Morgan fingerprint density at radius 1 is 1.23 bits per heavy atom. The van der Waals surface area contributed by atoms with E-state index < -0.39 is 0 Å². The van der Waals surface area contributed by atoms with Gasteiger partial charge in [0.25, 0.3) is 5.91 Å². The van der Waals surface area contributed by atoms with Crippen molar-refractivity contribution in [2.45, 2.75) is 6.92 Å². The number of likely N-dealkylation sites (N-methyl/N-ethyl adjacent to an activating group) is 1. The number of aromatic nitrogens is 2. The van der Waals surface area contributed by atoms with Gasteiger partial charge in [-0.25, -0.2) is 9.98 Å². The molecule has 0 N–H and O–H groups in total. The fraction of sp³-hybridized carbons (Fsp3) is 0.125. The second-order valence-electron chi connectivity index (χ2n) is 4.52. The van der Waals surface area contributed by atoms with Gasteiger partial charge in [-0.15, -0.1) is 0 Å². The van der Waals surface area contributed by atoms with Gasteiger partial charge in [0.2, 0.25) is 0 Å². The number of amidine groups is 1. The summed E-state index contributed by atoms with van der Waals surface area (Å²) in [6.45, 7) is 2.51.